The van der Waals surface area contributed by atoms with Gasteiger partial charge in [-0.15, -0.1) is 0 Å². The molecule has 1 atom stereocenters. The number of carbonyl (C=O) groups excluding carboxylic acids is 2. The number of fused-ring (bicyclic) bond motifs is 1. The number of esters is 1. The first kappa shape index (κ1) is 19.6. The Bertz CT molecular complexity index is 1070. The molecule has 0 bridgehead atoms. The molecule has 0 aliphatic carbocycles. The number of aromatic hydroxyl groups is 1. The van der Waals surface area contributed by atoms with E-state index in [1.165, 1.54) is 6.07 Å². The summed E-state index contributed by atoms with van der Waals surface area (Å²) in [6, 6.07) is 12.2. The lowest BCUT2D eigenvalue weighted by Crippen LogP contribution is -2.52. The van der Waals surface area contributed by atoms with Gasteiger partial charge in [0.1, 0.15) is 11.3 Å². The minimum atomic E-state index is -0.956. The van der Waals surface area contributed by atoms with Gasteiger partial charge in [-0.1, -0.05) is 30.3 Å². The number of carbonyl (C=O) groups is 2. The quantitative estimate of drug-likeness (QED) is 0.664. The predicted octanol–water partition coefficient (Wildman–Crippen LogP) is 2.23. The van der Waals surface area contributed by atoms with Gasteiger partial charge >= 0.3 is 5.97 Å². The smallest absolute Gasteiger partial charge is 0.342 e. The first-order chi connectivity index (χ1) is 14.5. The highest BCUT2D eigenvalue weighted by atomic mass is 16.5. The number of rotatable bonds is 4. The Morgan fingerprint density at radius 1 is 1.00 bits per heavy atom. The van der Waals surface area contributed by atoms with Gasteiger partial charge in [0, 0.05) is 44.0 Å². The summed E-state index contributed by atoms with van der Waals surface area (Å²) in [5, 5.41) is 11.8. The number of benzene rings is 2. The molecule has 30 heavy (non-hydrogen) atoms. The van der Waals surface area contributed by atoms with E-state index in [0.29, 0.717) is 37.5 Å². The van der Waals surface area contributed by atoms with Crippen molar-refractivity contribution >= 4 is 28.6 Å². The Balaban J connectivity index is 1.38. The molecule has 8 nitrogen and oxygen atoms in total. The van der Waals surface area contributed by atoms with Crippen molar-refractivity contribution in [2.24, 2.45) is 0 Å². The maximum Gasteiger partial charge on any atom is 0.342 e. The number of hydrogen-bond donors (Lipinski definition) is 1. The number of aromatic nitrogens is 2. The van der Waals surface area contributed by atoms with E-state index in [1.807, 2.05) is 17.0 Å². The summed E-state index contributed by atoms with van der Waals surface area (Å²) in [6.45, 7) is 3.72. The summed E-state index contributed by atoms with van der Waals surface area (Å²) < 4.78 is 5.36. The van der Waals surface area contributed by atoms with E-state index in [-0.39, 0.29) is 17.2 Å². The number of phenolic OH excluding ortho intramolecular Hbond substituents is 1. The molecule has 1 aliphatic heterocycles. The second-order valence-corrected chi connectivity index (χ2v) is 7.09. The highest BCUT2D eigenvalue weighted by molar-refractivity contribution is 6.01. The lowest BCUT2D eigenvalue weighted by atomic mass is 10.1. The zero-order valence-electron chi connectivity index (χ0n) is 16.6. The van der Waals surface area contributed by atoms with Crippen LogP contribution < -0.4 is 4.90 Å². The third-order valence-corrected chi connectivity index (χ3v) is 5.18. The van der Waals surface area contributed by atoms with Crippen molar-refractivity contribution in [3.63, 3.8) is 0 Å². The van der Waals surface area contributed by atoms with Crippen LogP contribution in [0.15, 0.2) is 54.9 Å². The van der Waals surface area contributed by atoms with Gasteiger partial charge in [-0.05, 0) is 24.4 Å². The molecule has 2 heterocycles. The molecule has 8 heteroatoms. The minimum Gasteiger partial charge on any atom is -0.506 e. The Morgan fingerprint density at radius 2 is 1.70 bits per heavy atom. The number of amides is 1. The normalized spacial score (nSPS) is 15.1. The number of nitrogens with zero attached hydrogens (tertiary/aromatic N) is 4. The van der Waals surface area contributed by atoms with Gasteiger partial charge in [0.05, 0.1) is 0 Å². The fraction of sp³-hybridized carbons (Fsp3) is 0.273. The number of hydrogen-bond acceptors (Lipinski definition) is 7. The van der Waals surface area contributed by atoms with E-state index in [2.05, 4.69) is 9.97 Å². The molecule has 1 saturated heterocycles. The molecule has 4 rings (SSSR count). The lowest BCUT2D eigenvalue weighted by Gasteiger charge is -2.35. The largest absolute Gasteiger partial charge is 0.506 e. The molecule has 1 aromatic heterocycles. The van der Waals surface area contributed by atoms with Crippen molar-refractivity contribution in [3.8, 4) is 5.75 Å². The van der Waals surface area contributed by atoms with Gasteiger partial charge in [0.15, 0.2) is 6.10 Å². The molecule has 0 saturated carbocycles. The van der Waals surface area contributed by atoms with E-state index < -0.39 is 12.1 Å². The number of ether oxygens (including phenoxy) is 1. The van der Waals surface area contributed by atoms with Crippen LogP contribution in [0.3, 0.4) is 0 Å². The molecular formula is C22H22N4O4. The average Bonchev–Trinajstić information content (AvgIpc) is 2.79. The summed E-state index contributed by atoms with van der Waals surface area (Å²) in [5.74, 6) is -0.502. The van der Waals surface area contributed by atoms with E-state index in [9.17, 15) is 14.7 Å². The highest BCUT2D eigenvalue weighted by Crippen LogP contribution is 2.29. The van der Waals surface area contributed by atoms with Gasteiger partial charge in [-0.2, -0.15) is 0 Å². The van der Waals surface area contributed by atoms with Crippen LogP contribution in [0.25, 0.3) is 10.8 Å². The molecule has 1 unspecified atom stereocenters. The summed E-state index contributed by atoms with van der Waals surface area (Å²) in [6.07, 6.45) is 2.41. The van der Waals surface area contributed by atoms with Crippen LogP contribution in [-0.4, -0.2) is 64.1 Å². The van der Waals surface area contributed by atoms with Gasteiger partial charge in [0.25, 0.3) is 5.91 Å². The first-order valence-electron chi connectivity index (χ1n) is 9.77. The van der Waals surface area contributed by atoms with Crippen molar-refractivity contribution in [1.82, 2.24) is 14.9 Å². The van der Waals surface area contributed by atoms with E-state index in [4.69, 9.17) is 4.74 Å². The monoisotopic (exact) mass is 406 g/mol. The fourth-order valence-corrected chi connectivity index (χ4v) is 3.53. The van der Waals surface area contributed by atoms with Gasteiger partial charge in [-0.3, -0.25) is 4.79 Å². The van der Waals surface area contributed by atoms with Crippen LogP contribution >= 0.6 is 0 Å². The maximum absolute atomic E-state index is 12.7. The van der Waals surface area contributed by atoms with Crippen LogP contribution in [0.2, 0.25) is 0 Å². The Hall–Kier alpha value is -3.68. The summed E-state index contributed by atoms with van der Waals surface area (Å²) in [4.78, 5) is 37.4. The standard InChI is InChI=1S/C22H22N4O4/c1-15(20(28)25-11-13-26(14-12-25)22-23-9-4-10-24-22)30-21(29)18-8-7-16-5-2-3-6-17(16)19(18)27/h2-10,15,27H,11-14H2,1H3. The Kier molecular flexibility index (Phi) is 5.47. The first-order valence-corrected chi connectivity index (χ1v) is 9.77. The second-order valence-electron chi connectivity index (χ2n) is 7.09. The lowest BCUT2D eigenvalue weighted by molar-refractivity contribution is -0.140. The molecule has 1 amide bonds. The van der Waals surface area contributed by atoms with Crippen LogP contribution in [0, 0.1) is 0 Å². The van der Waals surface area contributed by atoms with Gasteiger partial charge < -0.3 is 19.6 Å². The second kappa shape index (κ2) is 8.36. The molecule has 1 N–H and O–H groups in total. The molecule has 1 aliphatic rings. The van der Waals surface area contributed by atoms with Gasteiger partial charge in [-0.25, -0.2) is 14.8 Å². The minimum absolute atomic E-state index is 0.0411. The van der Waals surface area contributed by atoms with Crippen LogP contribution in [0.4, 0.5) is 5.95 Å². The van der Waals surface area contributed by atoms with Crippen molar-refractivity contribution in [3.05, 3.63) is 60.4 Å². The highest BCUT2D eigenvalue weighted by Gasteiger charge is 2.29. The van der Waals surface area contributed by atoms with Crippen LogP contribution in [0.5, 0.6) is 5.75 Å². The molecule has 2 aromatic carbocycles. The van der Waals surface area contributed by atoms with E-state index >= 15 is 0 Å². The predicted molar refractivity (Wildman–Crippen MR) is 111 cm³/mol. The van der Waals surface area contributed by atoms with Crippen molar-refractivity contribution in [2.45, 2.75) is 13.0 Å². The zero-order valence-corrected chi connectivity index (χ0v) is 16.6. The topological polar surface area (TPSA) is 95.9 Å². The molecule has 1 fully saturated rings. The maximum atomic E-state index is 12.7. The Labute approximate surface area is 173 Å². The van der Waals surface area contributed by atoms with Crippen molar-refractivity contribution in [2.75, 3.05) is 31.1 Å². The van der Waals surface area contributed by atoms with Crippen LogP contribution in [0.1, 0.15) is 17.3 Å². The SMILES string of the molecule is CC(OC(=O)c1ccc2ccccc2c1O)C(=O)N1CCN(c2ncccn2)CC1. The summed E-state index contributed by atoms with van der Waals surface area (Å²) >= 11 is 0. The summed E-state index contributed by atoms with van der Waals surface area (Å²) in [5.41, 5.74) is 0.0411. The van der Waals surface area contributed by atoms with Crippen LogP contribution in [-0.2, 0) is 9.53 Å². The van der Waals surface area contributed by atoms with Gasteiger partial charge in [0.2, 0.25) is 5.95 Å². The molecule has 0 spiro atoms. The fourth-order valence-electron chi connectivity index (χ4n) is 3.53. The molecular weight excluding hydrogens is 384 g/mol. The average molecular weight is 406 g/mol. The molecule has 0 radical (unpaired) electrons. The Morgan fingerprint density at radius 3 is 2.43 bits per heavy atom. The third-order valence-electron chi connectivity index (χ3n) is 5.18. The number of anilines is 1. The van der Waals surface area contributed by atoms with Crippen molar-refractivity contribution in [1.29, 1.82) is 0 Å². The zero-order chi connectivity index (χ0) is 21.1. The van der Waals surface area contributed by atoms with E-state index in [1.54, 1.807) is 48.5 Å². The van der Waals surface area contributed by atoms with Crippen molar-refractivity contribution < 1.29 is 19.4 Å². The third kappa shape index (κ3) is 3.89. The molecule has 3 aromatic rings. The number of phenols is 1. The molecule has 154 valence electrons. The van der Waals surface area contributed by atoms with E-state index in [0.717, 1.165) is 5.39 Å². The number of piperazine rings is 1. The summed E-state index contributed by atoms with van der Waals surface area (Å²) in [7, 11) is 0.